The monoisotopic (exact) mass is 184 g/mol. The Bertz CT molecular complexity index is 336. The molecule has 0 saturated heterocycles. The molecule has 1 unspecified atom stereocenters. The number of carboxylic acid groups (broad SMARTS) is 1. The van der Waals surface area contributed by atoms with E-state index in [9.17, 15) is 9.18 Å². The quantitative estimate of drug-likeness (QED) is 0.727. The van der Waals surface area contributed by atoms with Crippen LogP contribution in [0.2, 0.25) is 0 Å². The Morgan fingerprint density at radius 3 is 2.69 bits per heavy atom. The van der Waals surface area contributed by atoms with Gasteiger partial charge in [0.05, 0.1) is 0 Å². The topological polar surface area (TPSA) is 57.5 Å². The van der Waals surface area contributed by atoms with Gasteiger partial charge in [0, 0.05) is 5.56 Å². The van der Waals surface area contributed by atoms with E-state index in [0.717, 1.165) is 6.07 Å². The van der Waals surface area contributed by atoms with Gasteiger partial charge < -0.3 is 10.2 Å². The van der Waals surface area contributed by atoms with E-state index in [1.807, 2.05) is 0 Å². The van der Waals surface area contributed by atoms with Crippen LogP contribution in [0.4, 0.5) is 4.39 Å². The highest BCUT2D eigenvalue weighted by Crippen LogP contribution is 2.18. The van der Waals surface area contributed by atoms with E-state index >= 15 is 0 Å². The van der Waals surface area contributed by atoms with Gasteiger partial charge in [0.2, 0.25) is 0 Å². The van der Waals surface area contributed by atoms with Crippen LogP contribution in [0.3, 0.4) is 0 Å². The molecule has 1 aromatic carbocycles. The minimum Gasteiger partial charge on any atom is -0.479 e. The summed E-state index contributed by atoms with van der Waals surface area (Å²) in [5, 5.41) is 17.5. The summed E-state index contributed by atoms with van der Waals surface area (Å²) in [6.07, 6.45) is -1.79. The second kappa shape index (κ2) is 3.53. The molecule has 0 aliphatic rings. The zero-order valence-electron chi connectivity index (χ0n) is 6.99. The number of aliphatic hydroxyl groups excluding tert-OH is 1. The summed E-state index contributed by atoms with van der Waals surface area (Å²) < 4.78 is 13.0. The molecule has 1 aromatic rings. The number of carboxylic acids is 1. The number of aliphatic carboxylic acids is 1. The van der Waals surface area contributed by atoms with Crippen LogP contribution in [0.1, 0.15) is 17.2 Å². The highest BCUT2D eigenvalue weighted by Gasteiger charge is 2.19. The maximum Gasteiger partial charge on any atom is 0.337 e. The third-order valence-corrected chi connectivity index (χ3v) is 1.68. The molecule has 0 saturated carbocycles. The Kier molecular flexibility index (Phi) is 2.63. The number of hydrogen-bond donors (Lipinski definition) is 2. The molecule has 0 fully saturated rings. The van der Waals surface area contributed by atoms with Crippen molar-refractivity contribution < 1.29 is 19.4 Å². The Labute approximate surface area is 74.4 Å². The zero-order valence-corrected chi connectivity index (χ0v) is 6.99. The highest BCUT2D eigenvalue weighted by molar-refractivity contribution is 5.74. The van der Waals surface area contributed by atoms with Crippen molar-refractivity contribution in [2.45, 2.75) is 13.0 Å². The smallest absolute Gasteiger partial charge is 0.337 e. The molecule has 0 heterocycles. The fourth-order valence-electron chi connectivity index (χ4n) is 1.01. The van der Waals surface area contributed by atoms with Crippen LogP contribution in [0, 0.1) is 12.7 Å². The van der Waals surface area contributed by atoms with E-state index < -0.39 is 17.9 Å². The van der Waals surface area contributed by atoms with Crippen molar-refractivity contribution in [3.8, 4) is 0 Å². The molecular weight excluding hydrogens is 175 g/mol. The van der Waals surface area contributed by atoms with Crippen LogP contribution in [0.5, 0.6) is 0 Å². The highest BCUT2D eigenvalue weighted by atomic mass is 19.1. The minimum atomic E-state index is -1.79. The normalized spacial score (nSPS) is 12.5. The van der Waals surface area contributed by atoms with E-state index in [-0.39, 0.29) is 5.56 Å². The van der Waals surface area contributed by atoms with Crippen LogP contribution in [0.25, 0.3) is 0 Å². The van der Waals surface area contributed by atoms with E-state index in [1.165, 1.54) is 12.1 Å². The van der Waals surface area contributed by atoms with E-state index in [0.29, 0.717) is 5.56 Å². The van der Waals surface area contributed by atoms with E-state index in [2.05, 4.69) is 0 Å². The molecule has 0 amide bonds. The van der Waals surface area contributed by atoms with Gasteiger partial charge in [-0.05, 0) is 19.1 Å². The van der Waals surface area contributed by atoms with Crippen molar-refractivity contribution in [1.29, 1.82) is 0 Å². The molecule has 0 aliphatic carbocycles. The summed E-state index contributed by atoms with van der Waals surface area (Å²) in [5.74, 6) is -2.16. The Morgan fingerprint density at radius 1 is 1.54 bits per heavy atom. The SMILES string of the molecule is Cc1ccc(F)c(C(O)C(=O)O)c1. The standard InChI is InChI=1S/C9H9FO3/c1-5-2-3-7(10)6(4-5)8(11)9(12)13/h2-4,8,11H,1H3,(H,12,13). The number of aliphatic hydroxyl groups is 1. The third kappa shape index (κ3) is 2.03. The maximum absolute atomic E-state index is 13.0. The van der Waals surface area contributed by atoms with Crippen molar-refractivity contribution in [2.24, 2.45) is 0 Å². The molecule has 13 heavy (non-hydrogen) atoms. The van der Waals surface area contributed by atoms with Crippen molar-refractivity contribution in [3.63, 3.8) is 0 Å². The fraction of sp³-hybridized carbons (Fsp3) is 0.222. The lowest BCUT2D eigenvalue weighted by Gasteiger charge is -2.07. The minimum absolute atomic E-state index is 0.201. The number of rotatable bonds is 2. The van der Waals surface area contributed by atoms with Gasteiger partial charge >= 0.3 is 5.97 Å². The van der Waals surface area contributed by atoms with Gasteiger partial charge in [-0.25, -0.2) is 9.18 Å². The van der Waals surface area contributed by atoms with Crippen LogP contribution >= 0.6 is 0 Å². The summed E-state index contributed by atoms with van der Waals surface area (Å²) in [6.45, 7) is 1.69. The Morgan fingerprint density at radius 2 is 2.15 bits per heavy atom. The fourth-order valence-corrected chi connectivity index (χ4v) is 1.01. The molecular formula is C9H9FO3. The summed E-state index contributed by atoms with van der Waals surface area (Å²) >= 11 is 0. The van der Waals surface area contributed by atoms with Crippen molar-refractivity contribution in [1.82, 2.24) is 0 Å². The molecule has 0 bridgehead atoms. The van der Waals surface area contributed by atoms with Gasteiger partial charge in [-0.2, -0.15) is 0 Å². The first-order chi connectivity index (χ1) is 6.02. The van der Waals surface area contributed by atoms with Crippen LogP contribution in [-0.4, -0.2) is 16.2 Å². The summed E-state index contributed by atoms with van der Waals surface area (Å²) in [4.78, 5) is 10.3. The lowest BCUT2D eigenvalue weighted by Crippen LogP contribution is -2.12. The van der Waals surface area contributed by atoms with Gasteiger partial charge in [0.25, 0.3) is 0 Å². The largest absolute Gasteiger partial charge is 0.479 e. The molecule has 70 valence electrons. The van der Waals surface area contributed by atoms with Crippen LogP contribution in [-0.2, 0) is 4.79 Å². The first-order valence-electron chi connectivity index (χ1n) is 3.69. The predicted octanol–water partition coefficient (Wildman–Crippen LogP) is 1.25. The van der Waals surface area contributed by atoms with Crippen LogP contribution < -0.4 is 0 Å². The molecule has 0 radical (unpaired) electrons. The molecule has 0 spiro atoms. The Hall–Kier alpha value is -1.42. The molecule has 1 rings (SSSR count). The number of aryl methyl sites for hydroxylation is 1. The summed E-state index contributed by atoms with van der Waals surface area (Å²) in [5.41, 5.74) is 0.504. The zero-order chi connectivity index (χ0) is 10.0. The number of carbonyl (C=O) groups is 1. The van der Waals surface area contributed by atoms with Crippen molar-refractivity contribution in [2.75, 3.05) is 0 Å². The first-order valence-corrected chi connectivity index (χ1v) is 3.69. The summed E-state index contributed by atoms with van der Waals surface area (Å²) in [6, 6.07) is 3.96. The second-order valence-electron chi connectivity index (χ2n) is 2.77. The second-order valence-corrected chi connectivity index (χ2v) is 2.77. The average molecular weight is 184 g/mol. The predicted molar refractivity (Wildman–Crippen MR) is 43.7 cm³/mol. The van der Waals surface area contributed by atoms with Crippen LogP contribution in [0.15, 0.2) is 18.2 Å². The van der Waals surface area contributed by atoms with Gasteiger partial charge in [-0.15, -0.1) is 0 Å². The summed E-state index contributed by atoms with van der Waals surface area (Å²) in [7, 11) is 0. The molecule has 3 nitrogen and oxygen atoms in total. The molecule has 4 heteroatoms. The maximum atomic E-state index is 13.0. The van der Waals surface area contributed by atoms with Gasteiger partial charge in [-0.1, -0.05) is 11.6 Å². The average Bonchev–Trinajstić information content (AvgIpc) is 2.08. The lowest BCUT2D eigenvalue weighted by atomic mass is 10.1. The van der Waals surface area contributed by atoms with Gasteiger partial charge in [0.15, 0.2) is 6.10 Å². The Balaban J connectivity index is 3.12. The first kappa shape index (κ1) is 9.67. The lowest BCUT2D eigenvalue weighted by molar-refractivity contribution is -0.147. The number of halogens is 1. The third-order valence-electron chi connectivity index (χ3n) is 1.68. The van der Waals surface area contributed by atoms with E-state index in [1.54, 1.807) is 6.92 Å². The number of hydrogen-bond acceptors (Lipinski definition) is 2. The van der Waals surface area contributed by atoms with Crippen molar-refractivity contribution >= 4 is 5.97 Å². The molecule has 2 N–H and O–H groups in total. The molecule has 1 atom stereocenters. The van der Waals surface area contributed by atoms with E-state index in [4.69, 9.17) is 10.2 Å². The van der Waals surface area contributed by atoms with Gasteiger partial charge in [0.1, 0.15) is 5.82 Å². The number of benzene rings is 1. The van der Waals surface area contributed by atoms with Crippen molar-refractivity contribution in [3.05, 3.63) is 35.1 Å². The molecule has 0 aliphatic heterocycles. The molecule has 0 aromatic heterocycles. The van der Waals surface area contributed by atoms with Gasteiger partial charge in [-0.3, -0.25) is 0 Å².